The molecule has 4 rings (SSSR count). The third-order valence-corrected chi connectivity index (χ3v) is 5.59. The lowest BCUT2D eigenvalue weighted by Crippen LogP contribution is -2.17. The van der Waals surface area contributed by atoms with Gasteiger partial charge in [0.15, 0.2) is 34.7 Å². The number of nitrogens with one attached hydrogen (secondary N) is 1. The molecule has 1 aromatic rings. The summed E-state index contributed by atoms with van der Waals surface area (Å²) >= 11 is 0. The van der Waals surface area contributed by atoms with E-state index in [1.165, 1.54) is 0 Å². The number of ether oxygens (including phenoxy) is 2. The van der Waals surface area contributed by atoms with Gasteiger partial charge in [0.2, 0.25) is 0 Å². The molecule has 2 atom stereocenters. The lowest BCUT2D eigenvalue weighted by Gasteiger charge is -2.18. The van der Waals surface area contributed by atoms with Crippen molar-refractivity contribution >= 4 is 18.2 Å². The first-order chi connectivity index (χ1) is 15.3. The maximum absolute atomic E-state index is 10.4. The van der Waals surface area contributed by atoms with Crippen molar-refractivity contribution in [3.05, 3.63) is 35.9 Å². The Morgan fingerprint density at radius 2 is 2.00 bits per heavy atom. The van der Waals surface area contributed by atoms with Crippen molar-refractivity contribution in [3.63, 3.8) is 0 Å². The monoisotopic (exact) mass is 477 g/mol. The van der Waals surface area contributed by atoms with Crippen LogP contribution in [-0.2, 0) is 12.1 Å². The Morgan fingerprint density at radius 1 is 1.21 bits per heavy atom. The number of fused-ring (bicyclic) bond motifs is 1. The van der Waals surface area contributed by atoms with Gasteiger partial charge in [0.1, 0.15) is 11.7 Å². The van der Waals surface area contributed by atoms with E-state index < -0.39 is 5.60 Å². The molecular weight excluding hydrogens is 446 g/mol. The number of anilines is 1. The molecule has 1 aliphatic carbocycles. The normalized spacial score (nSPS) is 18.2. The fraction of sp³-hybridized carbons (Fsp3) is 0.522. The van der Waals surface area contributed by atoms with E-state index in [-0.39, 0.29) is 24.6 Å². The van der Waals surface area contributed by atoms with Crippen LogP contribution >= 0.6 is 12.4 Å². The molecule has 0 bridgehead atoms. The van der Waals surface area contributed by atoms with Gasteiger partial charge in [0.25, 0.3) is 0 Å². The second-order valence-electron chi connectivity index (χ2n) is 8.72. The molecule has 2 aliphatic heterocycles. The third-order valence-electron chi connectivity index (χ3n) is 5.59. The number of imidazole rings is 1. The molecule has 1 aromatic carbocycles. The fourth-order valence-corrected chi connectivity index (χ4v) is 3.93. The molecule has 9 nitrogen and oxygen atoms in total. The number of rotatable bonds is 8. The zero-order chi connectivity index (χ0) is 22.9. The zero-order valence-electron chi connectivity index (χ0n) is 19.4. The Bertz CT molecular complexity index is 1050. The van der Waals surface area contributed by atoms with Gasteiger partial charge in [-0.25, -0.2) is 15.0 Å². The number of benzene rings is 1. The molecule has 0 spiro atoms. The van der Waals surface area contributed by atoms with Gasteiger partial charge in [-0.15, -0.1) is 12.4 Å². The summed E-state index contributed by atoms with van der Waals surface area (Å²) in [6.45, 7) is 6.52. The van der Waals surface area contributed by atoms with E-state index in [0.29, 0.717) is 54.2 Å². The molecule has 0 aromatic heterocycles. The molecule has 0 radical (unpaired) electrons. The average Bonchev–Trinajstić information content (AvgIpc) is 3.37. The minimum atomic E-state index is -1.16. The number of hydrogen-bond donors (Lipinski definition) is 3. The fourth-order valence-electron chi connectivity index (χ4n) is 3.93. The number of aliphatic hydroxyl groups is 2. The highest BCUT2D eigenvalue weighted by Crippen LogP contribution is 2.34. The lowest BCUT2D eigenvalue weighted by atomic mass is 10.1. The van der Waals surface area contributed by atoms with Crippen LogP contribution < -0.4 is 14.8 Å². The summed E-state index contributed by atoms with van der Waals surface area (Å²) in [5.41, 5.74) is 0.445. The second kappa shape index (κ2) is 10.1. The zero-order valence-corrected chi connectivity index (χ0v) is 20.2. The summed E-state index contributed by atoms with van der Waals surface area (Å²) < 4.78 is 13.5. The number of aliphatic hydroxyl groups excluding tert-OH is 1. The molecule has 3 N–H and O–H groups in total. The first-order valence-electron chi connectivity index (χ1n) is 11.0. The van der Waals surface area contributed by atoms with Gasteiger partial charge in [-0.2, -0.15) is 0 Å². The molecule has 1 fully saturated rings. The van der Waals surface area contributed by atoms with Crippen LogP contribution in [0.2, 0.25) is 0 Å². The predicted octanol–water partition coefficient (Wildman–Crippen LogP) is 3.21. The molecule has 33 heavy (non-hydrogen) atoms. The summed E-state index contributed by atoms with van der Waals surface area (Å²) in [5.74, 6) is 2.95. The molecule has 180 valence electrons. The maximum atomic E-state index is 10.4. The van der Waals surface area contributed by atoms with E-state index in [1.54, 1.807) is 27.3 Å². The highest BCUT2D eigenvalue weighted by molar-refractivity contribution is 5.85. The van der Waals surface area contributed by atoms with Gasteiger partial charge in [-0.05, 0) is 51.3 Å². The molecule has 3 aliphatic rings. The largest absolute Gasteiger partial charge is 0.493 e. The van der Waals surface area contributed by atoms with Crippen molar-refractivity contribution in [2.24, 2.45) is 0 Å². The van der Waals surface area contributed by atoms with E-state index in [2.05, 4.69) is 20.3 Å². The number of methoxy groups -OCH3 is 1. The second-order valence-corrected chi connectivity index (χ2v) is 8.72. The third kappa shape index (κ3) is 5.48. The topological polar surface area (TPSA) is 115 Å². The predicted molar refractivity (Wildman–Crippen MR) is 127 cm³/mol. The number of halogens is 1. The van der Waals surface area contributed by atoms with Crippen LogP contribution in [0.15, 0.2) is 24.5 Å². The molecule has 0 saturated heterocycles. The van der Waals surface area contributed by atoms with Crippen LogP contribution in [0.1, 0.15) is 51.4 Å². The van der Waals surface area contributed by atoms with E-state index in [9.17, 15) is 10.2 Å². The molecule has 0 amide bonds. The summed E-state index contributed by atoms with van der Waals surface area (Å²) in [6, 6.07) is 5.81. The van der Waals surface area contributed by atoms with Gasteiger partial charge in [0, 0.05) is 13.0 Å². The van der Waals surface area contributed by atoms with Gasteiger partial charge < -0.3 is 29.6 Å². The van der Waals surface area contributed by atoms with Crippen molar-refractivity contribution in [2.75, 3.05) is 19.0 Å². The van der Waals surface area contributed by atoms with E-state index in [1.807, 2.05) is 29.7 Å². The van der Waals surface area contributed by atoms with Gasteiger partial charge in [0.05, 0.1) is 26.1 Å². The first-order valence-corrected chi connectivity index (χ1v) is 11.0. The van der Waals surface area contributed by atoms with Crippen molar-refractivity contribution in [3.8, 4) is 23.0 Å². The summed E-state index contributed by atoms with van der Waals surface area (Å²) in [4.78, 5) is 13.7. The van der Waals surface area contributed by atoms with Crippen LogP contribution in [0.4, 0.5) is 5.82 Å². The summed E-state index contributed by atoms with van der Waals surface area (Å²) in [5, 5.41) is 23.4. The minimum absolute atomic E-state index is 0. The first kappa shape index (κ1) is 25.0. The lowest BCUT2D eigenvalue weighted by molar-refractivity contribution is 0.0698. The van der Waals surface area contributed by atoms with Crippen LogP contribution in [0.5, 0.6) is 11.5 Å². The Hall–Kier alpha value is -2.62. The van der Waals surface area contributed by atoms with Gasteiger partial charge in [-0.3, -0.25) is 0 Å². The quantitative estimate of drug-likeness (QED) is 0.453. The van der Waals surface area contributed by atoms with Crippen molar-refractivity contribution in [1.82, 2.24) is 19.5 Å². The maximum Gasteiger partial charge on any atom is 0.166 e. The van der Waals surface area contributed by atoms with Crippen LogP contribution in [0.3, 0.4) is 0 Å². The van der Waals surface area contributed by atoms with Gasteiger partial charge in [-0.1, -0.05) is 6.07 Å². The molecule has 10 heteroatoms. The number of aromatic nitrogens is 4. The Balaban J connectivity index is 0.00000306. The standard InChI is InChI=1S/C23H31N5O4.ClH/c1-5-24-20-19-21(27-22(26-19)23(2,3)30)28(13-25-20)12-14-6-9-17(31-4)18(10-14)32-16-8-7-15(29)11-16;/h6,9-10,13,15-16,24,29-30H,5,7-8,11-12H2,1-4H3;1H. The van der Waals surface area contributed by atoms with E-state index in [0.717, 1.165) is 18.4 Å². The molecular formula is C23H32ClN5O4. The number of nitrogens with zero attached hydrogens (tertiary/aromatic N) is 4. The summed E-state index contributed by atoms with van der Waals surface area (Å²) in [6.07, 6.45) is 3.60. The van der Waals surface area contributed by atoms with Crippen molar-refractivity contribution in [1.29, 1.82) is 0 Å². The molecule has 1 saturated carbocycles. The van der Waals surface area contributed by atoms with Gasteiger partial charge >= 0.3 is 0 Å². The molecule has 2 unspecified atom stereocenters. The Labute approximate surface area is 199 Å². The van der Waals surface area contributed by atoms with E-state index >= 15 is 0 Å². The smallest absolute Gasteiger partial charge is 0.166 e. The van der Waals surface area contributed by atoms with Crippen LogP contribution in [0.25, 0.3) is 11.5 Å². The highest BCUT2D eigenvalue weighted by Gasteiger charge is 2.28. The van der Waals surface area contributed by atoms with Crippen LogP contribution in [-0.4, -0.2) is 55.6 Å². The highest BCUT2D eigenvalue weighted by atomic mass is 35.5. The number of hydrogen-bond acceptors (Lipinski definition) is 8. The minimum Gasteiger partial charge on any atom is -0.493 e. The van der Waals surface area contributed by atoms with Crippen molar-refractivity contribution in [2.45, 2.75) is 64.4 Å². The van der Waals surface area contributed by atoms with E-state index in [4.69, 9.17) is 9.47 Å². The van der Waals surface area contributed by atoms with Crippen LogP contribution in [0, 0.1) is 0 Å². The summed E-state index contributed by atoms with van der Waals surface area (Å²) in [7, 11) is 1.62. The Kier molecular flexibility index (Phi) is 7.66. The average molecular weight is 478 g/mol. The Morgan fingerprint density at radius 3 is 2.64 bits per heavy atom. The molecule has 2 heterocycles. The van der Waals surface area contributed by atoms with Crippen molar-refractivity contribution < 1.29 is 19.7 Å². The SMILES string of the molecule is CCNc1ncn(Cc2ccc(OC)c(OC3CCC(O)C3)c2)c2nc(C(C)(C)O)nc1-2.Cl.